The average Bonchev–Trinajstić information content (AvgIpc) is 2.55. The first-order valence-corrected chi connectivity index (χ1v) is 7.88. The summed E-state index contributed by atoms with van der Waals surface area (Å²) in [6.07, 6.45) is 11.4. The molecule has 0 N–H and O–H groups in total. The first kappa shape index (κ1) is 18.4. The van der Waals surface area contributed by atoms with E-state index in [0.29, 0.717) is 0 Å². The summed E-state index contributed by atoms with van der Waals surface area (Å²) in [6, 6.07) is 0. The molecule has 0 saturated heterocycles. The maximum atomic E-state index is 9.87. The van der Waals surface area contributed by atoms with Crippen molar-refractivity contribution in [3.8, 4) is 0 Å². The standard InChI is InChI=1S/C10H19N2.F6P/c1-3-4-5-6-8-12(2)9-7-11-10-12;1-7(2,3,4,5)6/h7,9-10H,3-6,8H2,1-2H3;/q+1;-1. The Hall–Kier alpha value is -0.620. The number of hydrogen-bond donors (Lipinski definition) is 0. The van der Waals surface area contributed by atoms with Crippen molar-refractivity contribution in [1.82, 2.24) is 0 Å². The Kier molecular flexibility index (Phi) is 5.23. The minimum atomic E-state index is -10.7. The van der Waals surface area contributed by atoms with Gasteiger partial charge in [-0.3, -0.25) is 4.48 Å². The van der Waals surface area contributed by atoms with Gasteiger partial charge < -0.3 is 0 Å². The van der Waals surface area contributed by atoms with Crippen LogP contribution in [0.3, 0.4) is 0 Å². The molecule has 1 aliphatic heterocycles. The predicted octanol–water partition coefficient (Wildman–Crippen LogP) is 5.91. The summed E-state index contributed by atoms with van der Waals surface area (Å²) in [5.41, 5.74) is 0. The number of hydrogen-bond acceptors (Lipinski definition) is 1. The van der Waals surface area contributed by atoms with E-state index in [9.17, 15) is 25.2 Å². The Balaban J connectivity index is 0.000000399. The van der Waals surface area contributed by atoms with Crippen molar-refractivity contribution < 1.29 is 29.7 Å². The van der Waals surface area contributed by atoms with Gasteiger partial charge in [0, 0.05) is 0 Å². The fraction of sp³-hybridized carbons (Fsp3) is 0.700. The third kappa shape index (κ3) is 17.4. The summed E-state index contributed by atoms with van der Waals surface area (Å²) in [5, 5.41) is 0. The molecule has 19 heavy (non-hydrogen) atoms. The van der Waals surface area contributed by atoms with E-state index in [1.165, 1.54) is 32.2 Å². The second-order valence-electron chi connectivity index (χ2n) is 4.65. The summed E-state index contributed by atoms with van der Waals surface area (Å²) >= 11 is 0. The summed E-state index contributed by atoms with van der Waals surface area (Å²) < 4.78 is 60.1. The Bertz CT molecular complexity index is 322. The third-order valence-corrected chi connectivity index (χ3v) is 2.32. The van der Waals surface area contributed by atoms with Crippen molar-refractivity contribution in [3.05, 3.63) is 12.4 Å². The molecule has 0 aliphatic carbocycles. The van der Waals surface area contributed by atoms with Crippen LogP contribution < -0.4 is 0 Å². The third-order valence-electron chi connectivity index (χ3n) is 2.32. The van der Waals surface area contributed by atoms with Crippen LogP contribution >= 0.6 is 7.81 Å². The molecule has 0 amide bonds. The second-order valence-corrected chi connectivity index (χ2v) is 6.57. The van der Waals surface area contributed by atoms with E-state index < -0.39 is 7.81 Å². The number of rotatable bonds is 5. The molecule has 0 aromatic rings. The molecule has 1 atom stereocenters. The van der Waals surface area contributed by atoms with Crippen LogP contribution in [0.1, 0.15) is 32.6 Å². The van der Waals surface area contributed by atoms with Crippen LogP contribution in [0.2, 0.25) is 0 Å². The minimum absolute atomic E-state index is 0.893. The van der Waals surface area contributed by atoms with Crippen LogP contribution in [0, 0.1) is 0 Å². The van der Waals surface area contributed by atoms with Gasteiger partial charge in [0.15, 0.2) is 6.34 Å². The number of aliphatic imine (C=N–C) groups is 1. The molecule has 0 bridgehead atoms. The van der Waals surface area contributed by atoms with Crippen LogP contribution in [-0.2, 0) is 0 Å². The van der Waals surface area contributed by atoms with Gasteiger partial charge in [-0.2, -0.15) is 0 Å². The fourth-order valence-corrected chi connectivity index (χ4v) is 1.43. The van der Waals surface area contributed by atoms with Crippen molar-refractivity contribution in [3.63, 3.8) is 0 Å². The van der Waals surface area contributed by atoms with E-state index in [4.69, 9.17) is 0 Å². The van der Waals surface area contributed by atoms with Gasteiger partial charge >= 0.3 is 33.0 Å². The summed E-state index contributed by atoms with van der Waals surface area (Å²) in [7, 11) is -8.46. The van der Waals surface area contributed by atoms with Crippen molar-refractivity contribution in [1.29, 1.82) is 0 Å². The zero-order chi connectivity index (χ0) is 15.3. The molecular weight excluding hydrogens is 293 g/mol. The van der Waals surface area contributed by atoms with Crippen LogP contribution in [0.15, 0.2) is 17.4 Å². The molecule has 1 aliphatic rings. The molecule has 1 unspecified atom stereocenters. The van der Waals surface area contributed by atoms with Crippen molar-refractivity contribution in [2.45, 2.75) is 32.6 Å². The van der Waals surface area contributed by atoms with Gasteiger partial charge in [-0.15, -0.1) is 0 Å². The van der Waals surface area contributed by atoms with Crippen LogP contribution in [-0.4, -0.2) is 24.4 Å². The number of unbranched alkanes of at least 4 members (excludes halogenated alkanes) is 3. The topological polar surface area (TPSA) is 12.4 Å². The van der Waals surface area contributed by atoms with Gasteiger partial charge in [-0.1, -0.05) is 19.8 Å². The molecule has 0 radical (unpaired) electrons. The molecular formula is C10H19F6N2P. The van der Waals surface area contributed by atoms with Gasteiger partial charge in [0.2, 0.25) is 0 Å². The Labute approximate surface area is 108 Å². The SMILES string of the molecule is CCCCCC[N+]1(C)C=CN=C1.F[P-](F)(F)(F)(F)F. The molecule has 0 fully saturated rings. The van der Waals surface area contributed by atoms with Crippen molar-refractivity contribution in [2.75, 3.05) is 13.6 Å². The van der Waals surface area contributed by atoms with Crippen molar-refractivity contribution >= 4 is 14.1 Å². The zero-order valence-electron chi connectivity index (χ0n) is 10.9. The zero-order valence-corrected chi connectivity index (χ0v) is 11.8. The van der Waals surface area contributed by atoms with Gasteiger partial charge in [-0.25, -0.2) is 4.99 Å². The molecule has 0 spiro atoms. The summed E-state index contributed by atoms with van der Waals surface area (Å²) in [6.45, 7) is 3.44. The summed E-state index contributed by atoms with van der Waals surface area (Å²) in [4.78, 5) is 4.10. The second kappa shape index (κ2) is 5.40. The van der Waals surface area contributed by atoms with Gasteiger partial charge in [0.05, 0.1) is 19.8 Å². The molecule has 0 aromatic heterocycles. The van der Waals surface area contributed by atoms with E-state index >= 15 is 0 Å². The molecule has 1 heterocycles. The van der Waals surface area contributed by atoms with E-state index in [1.807, 2.05) is 12.5 Å². The van der Waals surface area contributed by atoms with Crippen LogP contribution in [0.5, 0.6) is 0 Å². The van der Waals surface area contributed by atoms with Crippen molar-refractivity contribution in [2.24, 2.45) is 4.99 Å². The maximum absolute atomic E-state index is 10.7. The molecule has 0 saturated carbocycles. The van der Waals surface area contributed by atoms with E-state index in [0.717, 1.165) is 4.48 Å². The molecule has 1 rings (SSSR count). The van der Waals surface area contributed by atoms with E-state index in [2.05, 4.69) is 25.2 Å². The Morgan fingerprint density at radius 3 is 1.89 bits per heavy atom. The number of quaternary nitrogens is 1. The molecule has 2 nitrogen and oxygen atoms in total. The first-order chi connectivity index (χ1) is 8.22. The van der Waals surface area contributed by atoms with Gasteiger partial charge in [-0.05, 0) is 12.8 Å². The fourth-order valence-electron chi connectivity index (χ4n) is 1.43. The van der Waals surface area contributed by atoms with Gasteiger partial charge in [0.1, 0.15) is 6.20 Å². The first-order valence-electron chi connectivity index (χ1n) is 5.85. The summed E-state index contributed by atoms with van der Waals surface area (Å²) in [5.74, 6) is 0. The Morgan fingerprint density at radius 1 is 1.00 bits per heavy atom. The number of nitrogens with zero attached hydrogens (tertiary/aromatic N) is 2. The van der Waals surface area contributed by atoms with Crippen LogP contribution in [0.25, 0.3) is 0 Å². The molecule has 0 aromatic carbocycles. The predicted molar refractivity (Wildman–Crippen MR) is 66.4 cm³/mol. The normalized spacial score (nSPS) is 25.5. The number of halogens is 6. The average molecular weight is 312 g/mol. The van der Waals surface area contributed by atoms with Gasteiger partial charge in [0.25, 0.3) is 0 Å². The van der Waals surface area contributed by atoms with E-state index in [1.54, 1.807) is 0 Å². The Morgan fingerprint density at radius 2 is 1.53 bits per heavy atom. The monoisotopic (exact) mass is 312 g/mol. The van der Waals surface area contributed by atoms with Crippen LogP contribution in [0.4, 0.5) is 25.2 Å². The molecule has 116 valence electrons. The van der Waals surface area contributed by atoms with E-state index in [-0.39, 0.29) is 0 Å². The quantitative estimate of drug-likeness (QED) is 0.259. The molecule has 9 heteroatoms.